The highest BCUT2D eigenvalue weighted by atomic mass is 35.5. The number of aromatic amines is 1. The van der Waals surface area contributed by atoms with E-state index in [1.54, 1.807) is 30.5 Å². The van der Waals surface area contributed by atoms with Gasteiger partial charge in [-0.25, -0.2) is 18.1 Å². The Balaban J connectivity index is 0.937. The Morgan fingerprint density at radius 1 is 1.05 bits per heavy atom. The van der Waals surface area contributed by atoms with Crippen molar-refractivity contribution in [3.8, 4) is 17.2 Å². The number of rotatable bonds is 12. The van der Waals surface area contributed by atoms with Crippen LogP contribution in [0.25, 0.3) is 16.6 Å². The van der Waals surface area contributed by atoms with E-state index in [0.717, 1.165) is 100 Å². The number of likely N-dealkylation sites (tertiary alicyclic amines) is 1. The summed E-state index contributed by atoms with van der Waals surface area (Å²) in [7, 11) is -4.62. The normalized spacial score (nSPS) is 20.6. The number of anilines is 1. The Morgan fingerprint density at radius 3 is 2.62 bits per heavy atom. The molecule has 1 aliphatic carbocycles. The predicted octanol–water partition coefficient (Wildman–Crippen LogP) is 9.25. The van der Waals surface area contributed by atoms with Gasteiger partial charge in [0.2, 0.25) is 0 Å². The molecule has 14 nitrogen and oxygen atoms in total. The van der Waals surface area contributed by atoms with Crippen LogP contribution in [-0.2, 0) is 16.4 Å². The molecule has 2 atom stereocenters. The van der Waals surface area contributed by atoms with Gasteiger partial charge in [-0.15, -0.1) is 0 Å². The Labute approximate surface area is 385 Å². The number of amides is 1. The predicted molar refractivity (Wildman–Crippen MR) is 253 cm³/mol. The Morgan fingerprint density at radius 2 is 1.85 bits per heavy atom. The summed E-state index contributed by atoms with van der Waals surface area (Å²) in [5.74, 6) is -0.317. The molecule has 2 saturated heterocycles. The van der Waals surface area contributed by atoms with E-state index in [9.17, 15) is 23.3 Å². The second-order valence-electron chi connectivity index (χ2n) is 18.9. The van der Waals surface area contributed by atoms with E-state index >= 15 is 0 Å². The standard InChI is InChI=1S/C49H56ClN7O7S/c1-32-6-4-5-17-56(32)29-33-22-42-44(57(59)60)25-40(26-45(42)63-31-33)65(61,62)53-48(58)41-12-11-38(24-46(41)64-39-23-35-14-16-51-47(35)52-28-39)55-20-18-54(19-21-55)30-36-13-15-49(2,3)27-43(36)34-7-9-37(50)10-8-34/h7-12,14,16,23-26,28,32-33H,4-6,13,15,17-22,27,29-31H2,1-3H3,(H,51,52)(H,53,58)/t32-,33-/m0/s1. The zero-order valence-corrected chi connectivity index (χ0v) is 38.7. The number of piperidine rings is 1. The molecule has 342 valence electrons. The Kier molecular flexibility index (Phi) is 12.7. The lowest BCUT2D eigenvalue weighted by atomic mass is 9.72. The molecule has 2 fully saturated rings. The maximum absolute atomic E-state index is 14.1. The quantitative estimate of drug-likeness (QED) is 0.0906. The molecule has 0 spiro atoms. The van der Waals surface area contributed by atoms with Gasteiger partial charge < -0.3 is 24.3 Å². The fourth-order valence-corrected chi connectivity index (χ4v) is 11.0. The van der Waals surface area contributed by atoms with E-state index in [1.165, 1.54) is 35.4 Å². The van der Waals surface area contributed by atoms with Crippen LogP contribution in [0.2, 0.25) is 5.02 Å². The number of carbonyl (C=O) groups excluding carboxylic acids is 1. The first-order chi connectivity index (χ1) is 31.2. The first-order valence-corrected chi connectivity index (χ1v) is 24.5. The number of nitrogens with zero attached hydrogens (tertiary/aromatic N) is 5. The molecule has 0 unspecified atom stereocenters. The summed E-state index contributed by atoms with van der Waals surface area (Å²) in [4.78, 5) is 40.1. The molecule has 9 rings (SSSR count). The van der Waals surface area contributed by atoms with Crippen LogP contribution in [0.4, 0.5) is 11.4 Å². The van der Waals surface area contributed by atoms with Gasteiger partial charge in [0.1, 0.15) is 22.9 Å². The number of benzene rings is 3. The highest BCUT2D eigenvalue weighted by Crippen LogP contribution is 2.44. The summed E-state index contributed by atoms with van der Waals surface area (Å²) in [5, 5.41) is 13.9. The number of hydrogen-bond acceptors (Lipinski definition) is 11. The molecule has 3 aromatic carbocycles. The lowest BCUT2D eigenvalue weighted by Crippen LogP contribution is -2.47. The number of piperazine rings is 1. The summed E-state index contributed by atoms with van der Waals surface area (Å²) in [6.07, 6.45) is 10.3. The van der Waals surface area contributed by atoms with Crippen molar-refractivity contribution < 1.29 is 27.6 Å². The molecule has 5 aromatic rings. The van der Waals surface area contributed by atoms with Crippen molar-refractivity contribution in [2.75, 3.05) is 57.3 Å². The minimum absolute atomic E-state index is 0.0170. The average Bonchev–Trinajstić information content (AvgIpc) is 3.76. The number of fused-ring (bicyclic) bond motifs is 2. The molecule has 65 heavy (non-hydrogen) atoms. The minimum atomic E-state index is -4.62. The number of halogens is 1. The number of hydrogen-bond donors (Lipinski definition) is 2. The van der Waals surface area contributed by atoms with Gasteiger partial charge in [0.15, 0.2) is 0 Å². The van der Waals surface area contributed by atoms with Crippen LogP contribution < -0.4 is 19.1 Å². The van der Waals surface area contributed by atoms with Crippen LogP contribution in [0.3, 0.4) is 0 Å². The zero-order chi connectivity index (χ0) is 45.5. The number of H-pyrrole nitrogens is 1. The number of nitro benzene ring substituents is 1. The van der Waals surface area contributed by atoms with Gasteiger partial charge in [0.25, 0.3) is 21.6 Å². The number of carbonyl (C=O) groups is 1. The van der Waals surface area contributed by atoms with Crippen molar-refractivity contribution in [3.63, 3.8) is 0 Å². The third-order valence-corrected chi connectivity index (χ3v) is 15.2. The highest BCUT2D eigenvalue weighted by molar-refractivity contribution is 7.90. The van der Waals surface area contributed by atoms with Crippen molar-refractivity contribution in [1.29, 1.82) is 0 Å². The van der Waals surface area contributed by atoms with E-state index in [1.807, 2.05) is 18.2 Å². The summed E-state index contributed by atoms with van der Waals surface area (Å²) in [6, 6.07) is 19.6. The summed E-state index contributed by atoms with van der Waals surface area (Å²) < 4.78 is 42.5. The van der Waals surface area contributed by atoms with Crippen LogP contribution in [0.1, 0.15) is 80.8 Å². The molecule has 1 amide bonds. The second kappa shape index (κ2) is 18.4. The molecule has 0 bridgehead atoms. The van der Waals surface area contributed by atoms with E-state index in [2.05, 4.69) is 62.3 Å². The molecular formula is C49H56ClN7O7S. The third-order valence-electron chi connectivity index (χ3n) is 13.6. The zero-order valence-electron chi connectivity index (χ0n) is 37.1. The topological polar surface area (TPSA) is 163 Å². The maximum atomic E-state index is 14.1. The van der Waals surface area contributed by atoms with Crippen LogP contribution in [-0.4, -0.2) is 97.5 Å². The van der Waals surface area contributed by atoms with E-state index in [4.69, 9.17) is 21.1 Å². The number of sulfonamides is 1. The number of nitro groups is 1. The SMILES string of the molecule is C[C@H]1CCCCN1C[C@H]1COc2cc(S(=O)(=O)NC(=O)c3ccc(N4CCN(CC5=C(c6ccc(Cl)cc6)CC(C)(C)CC5)CC4)cc3Oc3cnc4[nH]ccc4c3)cc([N+](=O)[O-])c2C1. The van der Waals surface area contributed by atoms with Gasteiger partial charge in [-0.1, -0.05) is 49.6 Å². The average molecular weight is 923 g/mol. The molecule has 3 aliphatic heterocycles. The minimum Gasteiger partial charge on any atom is -0.493 e. The fourth-order valence-electron chi connectivity index (χ4n) is 9.91. The third kappa shape index (κ3) is 10.0. The summed E-state index contributed by atoms with van der Waals surface area (Å²) >= 11 is 6.25. The summed E-state index contributed by atoms with van der Waals surface area (Å²) in [5.41, 5.74) is 5.78. The largest absolute Gasteiger partial charge is 0.493 e. The van der Waals surface area contributed by atoms with Gasteiger partial charge in [-0.3, -0.25) is 19.8 Å². The van der Waals surface area contributed by atoms with Crippen LogP contribution in [0.15, 0.2) is 89.6 Å². The van der Waals surface area contributed by atoms with Crippen molar-refractivity contribution in [3.05, 3.63) is 117 Å². The van der Waals surface area contributed by atoms with Crippen molar-refractivity contribution in [2.24, 2.45) is 11.3 Å². The number of aromatic nitrogens is 2. The molecule has 2 aromatic heterocycles. The molecule has 16 heteroatoms. The first-order valence-electron chi connectivity index (χ1n) is 22.6. The van der Waals surface area contributed by atoms with Gasteiger partial charge in [0, 0.05) is 91.7 Å². The summed E-state index contributed by atoms with van der Waals surface area (Å²) in [6.45, 7) is 12.9. The van der Waals surface area contributed by atoms with E-state index in [0.29, 0.717) is 36.0 Å². The number of pyridine rings is 1. The number of allylic oxidation sites excluding steroid dienone is 1. The van der Waals surface area contributed by atoms with Crippen molar-refractivity contribution >= 4 is 55.5 Å². The van der Waals surface area contributed by atoms with Gasteiger partial charge >= 0.3 is 0 Å². The lowest BCUT2D eigenvalue weighted by Gasteiger charge is -2.39. The van der Waals surface area contributed by atoms with Crippen LogP contribution in [0, 0.1) is 21.4 Å². The van der Waals surface area contributed by atoms with E-state index in [-0.39, 0.29) is 34.1 Å². The number of nitrogens with one attached hydrogen (secondary N) is 2. The Hall–Kier alpha value is -5.48. The van der Waals surface area contributed by atoms with Crippen LogP contribution in [0.5, 0.6) is 17.2 Å². The molecule has 0 radical (unpaired) electrons. The molecule has 5 heterocycles. The molecule has 0 saturated carbocycles. The molecular weight excluding hydrogens is 866 g/mol. The smallest absolute Gasteiger partial charge is 0.277 e. The maximum Gasteiger partial charge on any atom is 0.277 e. The van der Waals surface area contributed by atoms with Gasteiger partial charge in [0.05, 0.1) is 33.7 Å². The van der Waals surface area contributed by atoms with Gasteiger partial charge in [-0.2, -0.15) is 0 Å². The molecule has 4 aliphatic rings. The van der Waals surface area contributed by atoms with Crippen molar-refractivity contribution in [1.82, 2.24) is 24.5 Å². The highest BCUT2D eigenvalue weighted by Gasteiger charge is 2.34. The fraction of sp³-hybridized carbons (Fsp3) is 0.429. The Bertz CT molecular complexity index is 2750. The number of ether oxygens (including phenoxy) is 2. The monoisotopic (exact) mass is 921 g/mol. The lowest BCUT2D eigenvalue weighted by molar-refractivity contribution is -0.386. The first kappa shape index (κ1) is 44.7. The van der Waals surface area contributed by atoms with Crippen molar-refractivity contribution in [2.45, 2.75) is 76.7 Å². The van der Waals surface area contributed by atoms with E-state index < -0.39 is 25.7 Å². The van der Waals surface area contributed by atoms with Gasteiger partial charge in [-0.05, 0) is 105 Å². The van der Waals surface area contributed by atoms with Crippen LogP contribution >= 0.6 is 11.6 Å². The molecule has 2 N–H and O–H groups in total. The second-order valence-corrected chi connectivity index (χ2v) is 21.0.